The Hall–Kier alpha value is -1.62. The molecular weight excluding hydrogens is 266 g/mol. The molecule has 5 nitrogen and oxygen atoms in total. The largest absolute Gasteiger partial charge is 0.396 e. The van der Waals surface area contributed by atoms with Gasteiger partial charge in [0.2, 0.25) is 0 Å². The maximum atomic E-state index is 12.2. The van der Waals surface area contributed by atoms with Crippen LogP contribution in [0.4, 0.5) is 4.79 Å². The van der Waals surface area contributed by atoms with Gasteiger partial charge in [-0.2, -0.15) is 0 Å². The van der Waals surface area contributed by atoms with E-state index in [1.807, 2.05) is 32.2 Å². The van der Waals surface area contributed by atoms with Crippen molar-refractivity contribution < 1.29 is 9.90 Å². The van der Waals surface area contributed by atoms with Crippen molar-refractivity contribution in [3.63, 3.8) is 0 Å². The lowest BCUT2D eigenvalue weighted by Gasteiger charge is -2.34. The summed E-state index contributed by atoms with van der Waals surface area (Å²) in [4.78, 5) is 18.4. The van der Waals surface area contributed by atoms with Crippen molar-refractivity contribution in [2.75, 3.05) is 13.7 Å². The predicted molar refractivity (Wildman–Crippen MR) is 81.8 cm³/mol. The molecule has 1 saturated carbocycles. The number of carbonyl (C=O) groups excluding carboxylic acids is 1. The molecule has 0 aromatic carbocycles. The molecule has 1 aliphatic carbocycles. The van der Waals surface area contributed by atoms with Gasteiger partial charge in [0.1, 0.15) is 0 Å². The van der Waals surface area contributed by atoms with E-state index in [-0.39, 0.29) is 18.7 Å². The fourth-order valence-electron chi connectivity index (χ4n) is 2.87. The van der Waals surface area contributed by atoms with Gasteiger partial charge in [0.15, 0.2) is 0 Å². The smallest absolute Gasteiger partial charge is 0.317 e. The van der Waals surface area contributed by atoms with Crippen molar-refractivity contribution in [2.24, 2.45) is 5.92 Å². The molecule has 5 heteroatoms. The summed E-state index contributed by atoms with van der Waals surface area (Å²) in [6.07, 6.45) is 3.94. The van der Waals surface area contributed by atoms with Crippen LogP contribution in [0.25, 0.3) is 0 Å². The minimum absolute atomic E-state index is 0.0502. The van der Waals surface area contributed by atoms with Crippen molar-refractivity contribution in [3.05, 3.63) is 29.6 Å². The molecule has 2 amide bonds. The van der Waals surface area contributed by atoms with Gasteiger partial charge in [0.05, 0.1) is 12.2 Å². The summed E-state index contributed by atoms with van der Waals surface area (Å²) in [6.45, 7) is 2.66. The molecule has 2 rings (SSSR count). The first-order chi connectivity index (χ1) is 10.1. The minimum Gasteiger partial charge on any atom is -0.396 e. The molecule has 0 atom stereocenters. The lowest BCUT2D eigenvalue weighted by atomic mass is 9.86. The van der Waals surface area contributed by atoms with Crippen LogP contribution >= 0.6 is 0 Å². The van der Waals surface area contributed by atoms with E-state index in [0.29, 0.717) is 12.5 Å². The van der Waals surface area contributed by atoms with Gasteiger partial charge in [-0.05, 0) is 50.7 Å². The molecule has 1 aliphatic rings. The molecule has 0 aliphatic heterocycles. The van der Waals surface area contributed by atoms with Crippen LogP contribution in [-0.4, -0.2) is 40.7 Å². The monoisotopic (exact) mass is 291 g/mol. The van der Waals surface area contributed by atoms with Crippen LogP contribution in [0.15, 0.2) is 18.2 Å². The number of urea groups is 1. The molecule has 1 heterocycles. The number of carbonyl (C=O) groups is 1. The van der Waals surface area contributed by atoms with Crippen molar-refractivity contribution in [2.45, 2.75) is 45.2 Å². The summed E-state index contributed by atoms with van der Waals surface area (Å²) in [5, 5.41) is 12.1. The third-order valence-electron chi connectivity index (χ3n) is 4.31. The van der Waals surface area contributed by atoms with Gasteiger partial charge in [-0.1, -0.05) is 6.07 Å². The molecule has 1 aromatic heterocycles. The zero-order valence-electron chi connectivity index (χ0n) is 12.9. The van der Waals surface area contributed by atoms with Gasteiger partial charge >= 0.3 is 6.03 Å². The molecule has 1 aromatic rings. The number of nitrogens with zero attached hydrogens (tertiary/aromatic N) is 2. The Bertz CT molecular complexity index is 470. The maximum Gasteiger partial charge on any atom is 0.317 e. The Morgan fingerprint density at radius 3 is 2.71 bits per heavy atom. The topological polar surface area (TPSA) is 65.5 Å². The fraction of sp³-hybridized carbons (Fsp3) is 0.625. The molecule has 0 unspecified atom stereocenters. The first-order valence-electron chi connectivity index (χ1n) is 7.64. The van der Waals surface area contributed by atoms with E-state index in [0.717, 1.165) is 37.1 Å². The van der Waals surface area contributed by atoms with Gasteiger partial charge in [0.25, 0.3) is 0 Å². The Balaban J connectivity index is 1.80. The minimum atomic E-state index is -0.0502. The number of nitrogens with one attached hydrogen (secondary N) is 1. The average Bonchev–Trinajstić information content (AvgIpc) is 2.52. The number of pyridine rings is 1. The van der Waals surface area contributed by atoms with E-state index in [1.165, 1.54) is 0 Å². The second-order valence-electron chi connectivity index (χ2n) is 5.90. The second-order valence-corrected chi connectivity index (χ2v) is 5.90. The average molecular weight is 291 g/mol. The summed E-state index contributed by atoms with van der Waals surface area (Å²) in [7, 11) is 1.85. The highest BCUT2D eigenvalue weighted by Crippen LogP contribution is 2.26. The zero-order valence-corrected chi connectivity index (χ0v) is 12.9. The Labute approximate surface area is 126 Å². The number of aryl methyl sites for hydroxylation is 1. The highest BCUT2D eigenvalue weighted by Gasteiger charge is 2.26. The normalized spacial score (nSPS) is 21.9. The van der Waals surface area contributed by atoms with Crippen molar-refractivity contribution in [3.8, 4) is 0 Å². The number of rotatable bonds is 4. The van der Waals surface area contributed by atoms with Gasteiger partial charge in [-0.25, -0.2) is 4.79 Å². The van der Waals surface area contributed by atoms with Crippen LogP contribution in [0.1, 0.15) is 37.1 Å². The van der Waals surface area contributed by atoms with Gasteiger partial charge in [-0.15, -0.1) is 0 Å². The Morgan fingerprint density at radius 1 is 1.38 bits per heavy atom. The summed E-state index contributed by atoms with van der Waals surface area (Å²) in [5.74, 6) is 0.411. The summed E-state index contributed by atoms with van der Waals surface area (Å²) in [5.41, 5.74) is 1.83. The van der Waals surface area contributed by atoms with E-state index in [1.54, 1.807) is 4.90 Å². The van der Waals surface area contributed by atoms with E-state index in [2.05, 4.69) is 10.3 Å². The van der Waals surface area contributed by atoms with Crippen LogP contribution in [0, 0.1) is 12.8 Å². The van der Waals surface area contributed by atoms with Crippen LogP contribution in [0.5, 0.6) is 0 Å². The number of amides is 2. The molecule has 0 radical (unpaired) electrons. The number of hydrogen-bond acceptors (Lipinski definition) is 3. The molecule has 0 saturated heterocycles. The standard InChI is InChI=1S/C16H25N3O2/c1-12-4-3-5-14(18-12)10-17-16(21)19(2)15-8-6-13(11-20)7-9-15/h3-5,13,15,20H,6-11H2,1-2H3,(H,17,21). The van der Waals surface area contributed by atoms with Crippen LogP contribution < -0.4 is 5.32 Å². The van der Waals surface area contributed by atoms with Crippen molar-refractivity contribution >= 4 is 6.03 Å². The number of hydrogen-bond donors (Lipinski definition) is 2. The highest BCUT2D eigenvalue weighted by molar-refractivity contribution is 5.74. The first-order valence-corrected chi connectivity index (χ1v) is 7.64. The Kier molecular flexibility index (Phi) is 5.56. The molecule has 2 N–H and O–H groups in total. The summed E-state index contributed by atoms with van der Waals surface area (Å²) < 4.78 is 0. The predicted octanol–water partition coefficient (Wildman–Crippen LogP) is 2.08. The first kappa shape index (κ1) is 15.8. The molecule has 0 spiro atoms. The Morgan fingerprint density at radius 2 is 2.10 bits per heavy atom. The van der Waals surface area contributed by atoms with Crippen LogP contribution in [-0.2, 0) is 6.54 Å². The van der Waals surface area contributed by atoms with Crippen molar-refractivity contribution in [1.29, 1.82) is 0 Å². The van der Waals surface area contributed by atoms with Crippen LogP contribution in [0.3, 0.4) is 0 Å². The summed E-state index contributed by atoms with van der Waals surface area (Å²) in [6, 6.07) is 6.03. The molecule has 0 bridgehead atoms. The lowest BCUT2D eigenvalue weighted by Crippen LogP contribution is -2.45. The second kappa shape index (κ2) is 7.41. The molecule has 116 valence electrons. The highest BCUT2D eigenvalue weighted by atomic mass is 16.3. The number of aromatic nitrogens is 1. The quantitative estimate of drug-likeness (QED) is 0.892. The van der Waals surface area contributed by atoms with Crippen molar-refractivity contribution in [1.82, 2.24) is 15.2 Å². The van der Waals surface area contributed by atoms with E-state index >= 15 is 0 Å². The van der Waals surface area contributed by atoms with Gasteiger partial charge < -0.3 is 15.3 Å². The summed E-state index contributed by atoms with van der Waals surface area (Å²) >= 11 is 0. The van der Waals surface area contributed by atoms with Crippen LogP contribution in [0.2, 0.25) is 0 Å². The molecule has 1 fully saturated rings. The van der Waals surface area contributed by atoms with E-state index < -0.39 is 0 Å². The third-order valence-corrected chi connectivity index (χ3v) is 4.31. The third kappa shape index (κ3) is 4.43. The lowest BCUT2D eigenvalue weighted by molar-refractivity contribution is 0.134. The molecule has 21 heavy (non-hydrogen) atoms. The number of aliphatic hydroxyl groups excluding tert-OH is 1. The van der Waals surface area contributed by atoms with Gasteiger partial charge in [-0.3, -0.25) is 4.98 Å². The fourth-order valence-corrected chi connectivity index (χ4v) is 2.87. The van der Waals surface area contributed by atoms with Gasteiger partial charge in [0, 0.05) is 25.4 Å². The van der Waals surface area contributed by atoms with E-state index in [4.69, 9.17) is 5.11 Å². The van der Waals surface area contributed by atoms with E-state index in [9.17, 15) is 4.79 Å². The SMILES string of the molecule is Cc1cccc(CNC(=O)N(C)C2CCC(CO)CC2)n1. The number of aliphatic hydroxyl groups is 1. The zero-order chi connectivity index (χ0) is 15.2. The maximum absolute atomic E-state index is 12.2. The molecular formula is C16H25N3O2.